The van der Waals surface area contributed by atoms with Crippen LogP contribution in [0.15, 0.2) is 18.3 Å². The summed E-state index contributed by atoms with van der Waals surface area (Å²) in [5.74, 6) is 0. The lowest BCUT2D eigenvalue weighted by atomic mass is 10.2. The molecule has 4 heteroatoms. The molecule has 0 saturated heterocycles. The minimum atomic E-state index is -0.449. The zero-order chi connectivity index (χ0) is 11.7. The summed E-state index contributed by atoms with van der Waals surface area (Å²) in [5.41, 5.74) is 3.05. The molecule has 2 aromatic heterocycles. The second kappa shape index (κ2) is 4.31. The Balaban J connectivity index is 2.42. The summed E-state index contributed by atoms with van der Waals surface area (Å²) in [7, 11) is 0. The molecule has 2 heterocycles. The van der Waals surface area contributed by atoms with Gasteiger partial charge in [-0.2, -0.15) is 0 Å². The van der Waals surface area contributed by atoms with Crippen LogP contribution in [-0.2, 0) is 0 Å². The monoisotopic (exact) mass is 234 g/mol. The van der Waals surface area contributed by atoms with Crippen LogP contribution in [0.25, 0.3) is 10.6 Å². The predicted octanol–water partition coefficient (Wildman–Crippen LogP) is 2.88. The molecule has 0 fully saturated rings. The summed E-state index contributed by atoms with van der Waals surface area (Å²) < 4.78 is 0. The average molecular weight is 234 g/mol. The van der Waals surface area contributed by atoms with Gasteiger partial charge in [-0.25, -0.2) is 4.98 Å². The fourth-order valence-electron chi connectivity index (χ4n) is 1.57. The van der Waals surface area contributed by atoms with Crippen molar-refractivity contribution in [2.24, 2.45) is 0 Å². The minimum absolute atomic E-state index is 0.449. The van der Waals surface area contributed by atoms with Crippen molar-refractivity contribution in [1.82, 2.24) is 9.97 Å². The summed E-state index contributed by atoms with van der Waals surface area (Å²) in [5, 5.41) is 10.4. The quantitative estimate of drug-likeness (QED) is 0.869. The maximum Gasteiger partial charge on any atom is 0.123 e. The minimum Gasteiger partial charge on any atom is -0.388 e. The van der Waals surface area contributed by atoms with Crippen molar-refractivity contribution in [2.45, 2.75) is 26.9 Å². The van der Waals surface area contributed by atoms with E-state index in [2.05, 4.69) is 9.97 Å². The predicted molar refractivity (Wildman–Crippen MR) is 65.5 cm³/mol. The van der Waals surface area contributed by atoms with Crippen LogP contribution >= 0.6 is 11.3 Å². The Morgan fingerprint density at radius 2 is 1.88 bits per heavy atom. The Hall–Kier alpha value is -1.26. The molecule has 0 spiro atoms. The number of aromatic nitrogens is 2. The van der Waals surface area contributed by atoms with E-state index < -0.39 is 6.10 Å². The van der Waals surface area contributed by atoms with Crippen LogP contribution in [0, 0.1) is 13.8 Å². The number of aliphatic hydroxyl groups excluding tert-OH is 1. The fraction of sp³-hybridized carbons (Fsp3) is 0.333. The van der Waals surface area contributed by atoms with E-state index in [1.807, 2.05) is 26.0 Å². The number of aryl methyl sites for hydroxylation is 2. The van der Waals surface area contributed by atoms with E-state index >= 15 is 0 Å². The fourth-order valence-corrected chi connectivity index (χ4v) is 2.41. The summed E-state index contributed by atoms with van der Waals surface area (Å²) in [6.07, 6.45) is 1.28. The molecule has 3 nitrogen and oxygen atoms in total. The average Bonchev–Trinajstić information content (AvgIpc) is 2.64. The summed E-state index contributed by atoms with van der Waals surface area (Å²) >= 11 is 1.52. The van der Waals surface area contributed by atoms with Crippen LogP contribution < -0.4 is 0 Å². The van der Waals surface area contributed by atoms with Crippen molar-refractivity contribution in [1.29, 1.82) is 0 Å². The highest BCUT2D eigenvalue weighted by atomic mass is 32.1. The van der Waals surface area contributed by atoms with Gasteiger partial charge in [0.15, 0.2) is 0 Å². The molecule has 0 saturated carbocycles. The van der Waals surface area contributed by atoms with Crippen LogP contribution in [-0.4, -0.2) is 15.1 Å². The van der Waals surface area contributed by atoms with E-state index in [1.54, 1.807) is 13.1 Å². The standard InChI is InChI=1S/C12H14N2OS/c1-7-4-10(5-8(2)14-7)12-13-6-11(16-12)9(3)15/h4-6,9,15H,1-3H3. The van der Waals surface area contributed by atoms with Crippen molar-refractivity contribution >= 4 is 11.3 Å². The number of hydrogen-bond donors (Lipinski definition) is 1. The summed E-state index contributed by atoms with van der Waals surface area (Å²) in [4.78, 5) is 9.54. The van der Waals surface area contributed by atoms with Crippen molar-refractivity contribution in [3.8, 4) is 10.6 Å². The van der Waals surface area contributed by atoms with E-state index in [-0.39, 0.29) is 0 Å². The third kappa shape index (κ3) is 2.28. The highest BCUT2D eigenvalue weighted by Gasteiger charge is 2.09. The van der Waals surface area contributed by atoms with Gasteiger partial charge in [0.2, 0.25) is 0 Å². The van der Waals surface area contributed by atoms with Gasteiger partial charge in [0.1, 0.15) is 5.01 Å². The molecular formula is C12H14N2OS. The molecule has 0 amide bonds. The molecule has 1 unspecified atom stereocenters. The van der Waals surface area contributed by atoms with Gasteiger partial charge in [-0.3, -0.25) is 4.98 Å². The third-order valence-corrected chi connectivity index (χ3v) is 3.48. The van der Waals surface area contributed by atoms with Crippen molar-refractivity contribution in [3.63, 3.8) is 0 Å². The highest BCUT2D eigenvalue weighted by molar-refractivity contribution is 7.15. The van der Waals surface area contributed by atoms with Crippen LogP contribution in [0.4, 0.5) is 0 Å². The van der Waals surface area contributed by atoms with Crippen LogP contribution in [0.5, 0.6) is 0 Å². The van der Waals surface area contributed by atoms with Crippen molar-refractivity contribution in [3.05, 3.63) is 34.6 Å². The molecule has 0 radical (unpaired) electrons. The Kier molecular flexibility index (Phi) is 3.03. The molecule has 0 aliphatic carbocycles. The van der Waals surface area contributed by atoms with E-state index in [0.29, 0.717) is 0 Å². The molecule has 2 rings (SSSR count). The second-order valence-electron chi connectivity index (χ2n) is 3.88. The van der Waals surface area contributed by atoms with Gasteiger partial charge in [-0.15, -0.1) is 11.3 Å². The van der Waals surface area contributed by atoms with Gasteiger partial charge in [0.25, 0.3) is 0 Å². The number of hydrogen-bond acceptors (Lipinski definition) is 4. The summed E-state index contributed by atoms with van der Waals surface area (Å²) in [6, 6.07) is 4.02. The zero-order valence-corrected chi connectivity index (χ0v) is 10.4. The number of aliphatic hydroxyl groups is 1. The first-order valence-electron chi connectivity index (χ1n) is 5.15. The SMILES string of the molecule is Cc1cc(-c2ncc(C(C)O)s2)cc(C)n1. The second-order valence-corrected chi connectivity index (χ2v) is 4.94. The van der Waals surface area contributed by atoms with Crippen LogP contribution in [0.3, 0.4) is 0 Å². The lowest BCUT2D eigenvalue weighted by molar-refractivity contribution is 0.203. The van der Waals surface area contributed by atoms with Gasteiger partial charge in [0, 0.05) is 23.1 Å². The topological polar surface area (TPSA) is 46.0 Å². The number of pyridine rings is 1. The molecule has 2 aromatic rings. The Labute approximate surface area is 98.8 Å². The highest BCUT2D eigenvalue weighted by Crippen LogP contribution is 2.29. The number of nitrogens with zero attached hydrogens (tertiary/aromatic N) is 2. The number of thiazole rings is 1. The molecule has 0 aliphatic rings. The first-order valence-corrected chi connectivity index (χ1v) is 5.97. The van der Waals surface area contributed by atoms with Gasteiger partial charge >= 0.3 is 0 Å². The molecule has 16 heavy (non-hydrogen) atoms. The van der Waals surface area contributed by atoms with Crippen LogP contribution in [0.2, 0.25) is 0 Å². The molecule has 0 aliphatic heterocycles. The molecule has 0 aromatic carbocycles. The Bertz CT molecular complexity index is 485. The van der Waals surface area contributed by atoms with Gasteiger partial charge < -0.3 is 5.11 Å². The lowest BCUT2D eigenvalue weighted by Gasteiger charge is -2.00. The van der Waals surface area contributed by atoms with E-state index in [1.165, 1.54) is 11.3 Å². The molecule has 1 atom stereocenters. The first kappa shape index (κ1) is 11.2. The van der Waals surface area contributed by atoms with E-state index in [9.17, 15) is 5.11 Å². The van der Waals surface area contributed by atoms with Gasteiger partial charge in [0.05, 0.1) is 11.0 Å². The lowest BCUT2D eigenvalue weighted by Crippen LogP contribution is -1.87. The maximum absolute atomic E-state index is 9.45. The number of rotatable bonds is 2. The summed E-state index contributed by atoms with van der Waals surface area (Å²) in [6.45, 7) is 5.69. The normalized spacial score (nSPS) is 12.8. The zero-order valence-electron chi connectivity index (χ0n) is 9.56. The van der Waals surface area contributed by atoms with Gasteiger partial charge in [-0.05, 0) is 32.9 Å². The van der Waals surface area contributed by atoms with E-state index in [4.69, 9.17) is 0 Å². The first-order chi connectivity index (χ1) is 7.56. The smallest absolute Gasteiger partial charge is 0.123 e. The molecular weight excluding hydrogens is 220 g/mol. The Morgan fingerprint density at radius 3 is 2.38 bits per heavy atom. The Morgan fingerprint density at radius 1 is 1.25 bits per heavy atom. The van der Waals surface area contributed by atoms with Gasteiger partial charge in [-0.1, -0.05) is 0 Å². The van der Waals surface area contributed by atoms with Crippen LogP contribution in [0.1, 0.15) is 29.3 Å². The molecule has 84 valence electrons. The van der Waals surface area contributed by atoms with Crippen molar-refractivity contribution in [2.75, 3.05) is 0 Å². The largest absolute Gasteiger partial charge is 0.388 e. The maximum atomic E-state index is 9.45. The third-order valence-electron chi connectivity index (χ3n) is 2.26. The molecule has 1 N–H and O–H groups in total. The molecule has 0 bridgehead atoms. The van der Waals surface area contributed by atoms with E-state index in [0.717, 1.165) is 26.8 Å². The van der Waals surface area contributed by atoms with Crippen molar-refractivity contribution < 1.29 is 5.11 Å².